The largest absolute Gasteiger partial charge is 0.425 e. The van der Waals surface area contributed by atoms with Crippen molar-refractivity contribution in [1.29, 1.82) is 0 Å². The van der Waals surface area contributed by atoms with Gasteiger partial charge in [-0.1, -0.05) is 13.8 Å². The lowest BCUT2D eigenvalue weighted by Crippen LogP contribution is -2.12. The van der Waals surface area contributed by atoms with Crippen molar-refractivity contribution in [2.24, 2.45) is 5.73 Å². The topological polar surface area (TPSA) is 64.1 Å². The lowest BCUT2D eigenvalue weighted by Gasteiger charge is -1.98. The minimum absolute atomic E-state index is 0.332. The molecule has 0 saturated carbocycles. The minimum atomic E-state index is 0.332. The molecule has 1 aromatic rings. The van der Waals surface area contributed by atoms with Crippen LogP contribution in [0.25, 0.3) is 0 Å². The van der Waals surface area contributed by atoms with Crippen LogP contribution in [0.3, 0.4) is 0 Å². The maximum Gasteiger partial charge on any atom is 0.213 e. The van der Waals surface area contributed by atoms with Crippen molar-refractivity contribution in [3.05, 3.63) is 12.1 Å². The van der Waals surface area contributed by atoms with E-state index in [2.05, 4.69) is 10.3 Å². The summed E-state index contributed by atoms with van der Waals surface area (Å²) in [7, 11) is 0. The second-order valence-corrected chi connectivity index (χ2v) is 2.93. The molecular formula is C8H15N3O. The Morgan fingerprint density at radius 3 is 2.92 bits per heavy atom. The van der Waals surface area contributed by atoms with E-state index in [-0.39, 0.29) is 0 Å². The van der Waals surface area contributed by atoms with Crippen LogP contribution in [0.1, 0.15) is 25.7 Å². The van der Waals surface area contributed by atoms with Gasteiger partial charge in [-0.2, -0.15) is 0 Å². The van der Waals surface area contributed by atoms with E-state index in [1.807, 2.05) is 13.8 Å². The Balaban J connectivity index is 2.52. The van der Waals surface area contributed by atoms with Gasteiger partial charge >= 0.3 is 0 Å². The standard InChI is InChI=1S/C8H15N3O/c1-6(2)8-11-5-7(12-8)10-4-3-9/h5-6,10H,3-4,9H2,1-2H3. The SMILES string of the molecule is CC(C)c1ncc(NCCN)o1. The molecule has 1 heterocycles. The monoisotopic (exact) mass is 169 g/mol. The predicted molar refractivity (Wildman–Crippen MR) is 48.1 cm³/mol. The van der Waals surface area contributed by atoms with E-state index in [1.54, 1.807) is 6.20 Å². The first-order valence-corrected chi connectivity index (χ1v) is 4.13. The summed E-state index contributed by atoms with van der Waals surface area (Å²) >= 11 is 0. The van der Waals surface area contributed by atoms with E-state index < -0.39 is 0 Å². The summed E-state index contributed by atoms with van der Waals surface area (Å²) in [6.07, 6.45) is 1.69. The zero-order chi connectivity index (χ0) is 8.97. The molecule has 1 rings (SSSR count). The summed E-state index contributed by atoms with van der Waals surface area (Å²) in [5.41, 5.74) is 5.32. The van der Waals surface area contributed by atoms with Crippen LogP contribution < -0.4 is 11.1 Å². The fourth-order valence-electron chi connectivity index (χ4n) is 0.832. The molecule has 0 saturated heterocycles. The molecule has 0 fully saturated rings. The fraction of sp³-hybridized carbons (Fsp3) is 0.625. The van der Waals surface area contributed by atoms with Gasteiger partial charge in [0, 0.05) is 19.0 Å². The van der Waals surface area contributed by atoms with Crippen molar-refractivity contribution in [2.45, 2.75) is 19.8 Å². The van der Waals surface area contributed by atoms with Gasteiger partial charge in [0.1, 0.15) is 0 Å². The maximum absolute atomic E-state index is 5.37. The minimum Gasteiger partial charge on any atom is -0.425 e. The van der Waals surface area contributed by atoms with Gasteiger partial charge in [0.2, 0.25) is 5.88 Å². The molecule has 4 heteroatoms. The van der Waals surface area contributed by atoms with Crippen LogP contribution in [-0.2, 0) is 0 Å². The van der Waals surface area contributed by atoms with E-state index in [9.17, 15) is 0 Å². The Hall–Kier alpha value is -1.03. The summed E-state index contributed by atoms with van der Waals surface area (Å²) in [5, 5.41) is 3.02. The highest BCUT2D eigenvalue weighted by atomic mass is 16.4. The van der Waals surface area contributed by atoms with E-state index in [0.717, 1.165) is 5.89 Å². The third-order valence-corrected chi connectivity index (χ3v) is 1.46. The molecular weight excluding hydrogens is 154 g/mol. The van der Waals surface area contributed by atoms with Gasteiger partial charge < -0.3 is 15.5 Å². The maximum atomic E-state index is 5.37. The molecule has 4 nitrogen and oxygen atoms in total. The smallest absolute Gasteiger partial charge is 0.213 e. The second-order valence-electron chi connectivity index (χ2n) is 2.93. The quantitative estimate of drug-likeness (QED) is 0.710. The van der Waals surface area contributed by atoms with Crippen LogP contribution in [0.15, 0.2) is 10.6 Å². The average molecular weight is 169 g/mol. The molecule has 0 spiro atoms. The highest BCUT2D eigenvalue weighted by Crippen LogP contribution is 2.16. The number of hydrogen-bond acceptors (Lipinski definition) is 4. The predicted octanol–water partition coefficient (Wildman–Crippen LogP) is 1.17. The van der Waals surface area contributed by atoms with E-state index in [4.69, 9.17) is 10.2 Å². The summed E-state index contributed by atoms with van der Waals surface area (Å²) < 4.78 is 5.37. The number of nitrogens with zero attached hydrogens (tertiary/aromatic N) is 1. The Bertz CT molecular complexity index is 232. The Morgan fingerprint density at radius 1 is 1.67 bits per heavy atom. The number of hydrogen-bond donors (Lipinski definition) is 2. The van der Waals surface area contributed by atoms with Crippen LogP contribution in [0.5, 0.6) is 0 Å². The molecule has 0 aliphatic carbocycles. The van der Waals surface area contributed by atoms with Gasteiger partial charge in [-0.25, -0.2) is 4.98 Å². The van der Waals surface area contributed by atoms with Crippen molar-refractivity contribution < 1.29 is 4.42 Å². The molecule has 0 amide bonds. The number of oxazole rings is 1. The van der Waals surface area contributed by atoms with Crippen LogP contribution in [0.2, 0.25) is 0 Å². The molecule has 0 aliphatic heterocycles. The number of nitrogens with one attached hydrogen (secondary N) is 1. The molecule has 0 radical (unpaired) electrons. The summed E-state index contributed by atoms with van der Waals surface area (Å²) in [4.78, 5) is 4.10. The zero-order valence-corrected chi connectivity index (χ0v) is 7.50. The third kappa shape index (κ3) is 2.23. The molecule has 0 aliphatic rings. The van der Waals surface area contributed by atoms with Crippen LogP contribution in [0.4, 0.5) is 5.88 Å². The fourth-order valence-corrected chi connectivity index (χ4v) is 0.832. The van der Waals surface area contributed by atoms with Crippen molar-refractivity contribution in [1.82, 2.24) is 4.98 Å². The van der Waals surface area contributed by atoms with Crippen molar-refractivity contribution in [2.75, 3.05) is 18.4 Å². The van der Waals surface area contributed by atoms with Crippen molar-refractivity contribution in [3.63, 3.8) is 0 Å². The van der Waals surface area contributed by atoms with Gasteiger partial charge in [0.05, 0.1) is 6.20 Å². The lowest BCUT2D eigenvalue weighted by molar-refractivity contribution is 0.481. The van der Waals surface area contributed by atoms with Gasteiger partial charge in [-0.3, -0.25) is 0 Å². The second kappa shape index (κ2) is 4.11. The third-order valence-electron chi connectivity index (χ3n) is 1.46. The van der Waals surface area contributed by atoms with Gasteiger partial charge in [0.25, 0.3) is 0 Å². The highest BCUT2D eigenvalue weighted by Gasteiger charge is 2.06. The normalized spacial score (nSPS) is 10.7. The molecule has 0 bridgehead atoms. The summed E-state index contributed by atoms with van der Waals surface area (Å²) in [6, 6.07) is 0. The first-order chi connectivity index (χ1) is 5.74. The van der Waals surface area contributed by atoms with Crippen molar-refractivity contribution in [3.8, 4) is 0 Å². The van der Waals surface area contributed by atoms with Gasteiger partial charge in [-0.05, 0) is 0 Å². The zero-order valence-electron chi connectivity index (χ0n) is 7.50. The Labute approximate surface area is 72.2 Å². The molecule has 0 aromatic carbocycles. The molecule has 0 unspecified atom stereocenters. The number of aromatic nitrogens is 1. The number of rotatable bonds is 4. The summed E-state index contributed by atoms with van der Waals surface area (Å²) in [5.74, 6) is 1.79. The first-order valence-electron chi connectivity index (χ1n) is 4.13. The molecule has 12 heavy (non-hydrogen) atoms. The Kier molecular flexibility index (Phi) is 3.10. The van der Waals surface area contributed by atoms with Gasteiger partial charge in [-0.15, -0.1) is 0 Å². The number of anilines is 1. The number of nitrogens with two attached hydrogens (primary N) is 1. The average Bonchev–Trinajstić information content (AvgIpc) is 2.48. The molecule has 3 N–H and O–H groups in total. The molecule has 68 valence electrons. The molecule has 1 aromatic heterocycles. The highest BCUT2D eigenvalue weighted by molar-refractivity contribution is 5.27. The van der Waals surface area contributed by atoms with E-state index >= 15 is 0 Å². The first kappa shape index (κ1) is 9.06. The van der Waals surface area contributed by atoms with Crippen LogP contribution >= 0.6 is 0 Å². The Morgan fingerprint density at radius 2 is 2.42 bits per heavy atom. The summed E-state index contributed by atoms with van der Waals surface area (Å²) in [6.45, 7) is 5.39. The van der Waals surface area contributed by atoms with Crippen molar-refractivity contribution >= 4 is 5.88 Å². The van der Waals surface area contributed by atoms with Crippen LogP contribution in [-0.4, -0.2) is 18.1 Å². The lowest BCUT2D eigenvalue weighted by atomic mass is 10.2. The van der Waals surface area contributed by atoms with Gasteiger partial charge in [0.15, 0.2) is 5.89 Å². The van der Waals surface area contributed by atoms with E-state index in [0.29, 0.717) is 24.9 Å². The van der Waals surface area contributed by atoms with E-state index in [1.165, 1.54) is 0 Å². The van der Waals surface area contributed by atoms with Crippen LogP contribution in [0, 0.1) is 0 Å². The molecule has 0 atom stereocenters.